The fraction of sp³-hybridized carbons (Fsp3) is 0.750. The quantitative estimate of drug-likeness (QED) is 0.729. The maximum atomic E-state index is 11.8. The highest BCUT2D eigenvalue weighted by molar-refractivity contribution is 5.91. The zero-order chi connectivity index (χ0) is 13.1. The van der Waals surface area contributed by atoms with Crippen LogP contribution in [0.15, 0.2) is 0 Å². The van der Waals surface area contributed by atoms with Crippen LogP contribution in [0.2, 0.25) is 0 Å². The summed E-state index contributed by atoms with van der Waals surface area (Å²) in [6.07, 6.45) is 3.57. The van der Waals surface area contributed by atoms with Crippen LogP contribution in [-0.4, -0.2) is 47.4 Å². The number of rotatable bonds is 4. The van der Waals surface area contributed by atoms with Crippen LogP contribution in [0, 0.1) is 11.8 Å². The Balaban J connectivity index is 1.70. The fourth-order valence-corrected chi connectivity index (χ4v) is 2.31. The van der Waals surface area contributed by atoms with Crippen molar-refractivity contribution in [1.29, 1.82) is 0 Å². The topological polar surface area (TPSA) is 86.7 Å². The summed E-state index contributed by atoms with van der Waals surface area (Å²) in [4.78, 5) is 35.7. The van der Waals surface area contributed by atoms with Crippen molar-refractivity contribution in [2.24, 2.45) is 11.8 Å². The average Bonchev–Trinajstić information content (AvgIpc) is 3.17. The summed E-state index contributed by atoms with van der Waals surface area (Å²) in [5.74, 6) is -2.33. The number of piperidine rings is 1. The molecule has 6 nitrogen and oxygen atoms in total. The molecular weight excluding hydrogens is 236 g/mol. The highest BCUT2D eigenvalue weighted by Gasteiger charge is 2.48. The van der Waals surface area contributed by atoms with Gasteiger partial charge in [-0.2, -0.15) is 0 Å². The normalized spacial score (nSPS) is 26.6. The van der Waals surface area contributed by atoms with Crippen LogP contribution in [0.5, 0.6) is 0 Å². The van der Waals surface area contributed by atoms with E-state index in [1.165, 1.54) is 0 Å². The maximum absolute atomic E-state index is 11.8. The summed E-state index contributed by atoms with van der Waals surface area (Å²) in [5, 5.41) is 11.2. The molecule has 1 saturated heterocycles. The van der Waals surface area contributed by atoms with Gasteiger partial charge in [-0.3, -0.25) is 14.4 Å². The van der Waals surface area contributed by atoms with E-state index >= 15 is 0 Å². The molecule has 2 N–H and O–H groups in total. The van der Waals surface area contributed by atoms with E-state index in [2.05, 4.69) is 5.32 Å². The van der Waals surface area contributed by atoms with Gasteiger partial charge < -0.3 is 15.3 Å². The van der Waals surface area contributed by atoms with Crippen molar-refractivity contribution in [3.63, 3.8) is 0 Å². The molecule has 2 aliphatic rings. The van der Waals surface area contributed by atoms with Crippen LogP contribution in [0.1, 0.15) is 25.7 Å². The first kappa shape index (κ1) is 12.9. The third-order valence-electron chi connectivity index (χ3n) is 3.57. The van der Waals surface area contributed by atoms with Crippen molar-refractivity contribution in [3.05, 3.63) is 0 Å². The number of carbonyl (C=O) groups is 3. The Bertz CT molecular complexity index is 363. The SMILES string of the molecule is O=C(O)[C@H]1C[C@H]1C(=O)NCC(=O)N1CCCCC1. The van der Waals surface area contributed by atoms with Gasteiger partial charge in [-0.15, -0.1) is 0 Å². The van der Waals surface area contributed by atoms with Crippen LogP contribution in [0.4, 0.5) is 0 Å². The minimum absolute atomic E-state index is 0.0122. The number of hydrogen-bond acceptors (Lipinski definition) is 3. The molecule has 2 rings (SSSR count). The molecule has 0 unspecified atom stereocenters. The summed E-state index contributed by atoms with van der Waals surface area (Å²) in [7, 11) is 0. The first-order valence-electron chi connectivity index (χ1n) is 6.38. The smallest absolute Gasteiger partial charge is 0.307 e. The first-order valence-corrected chi connectivity index (χ1v) is 6.38. The van der Waals surface area contributed by atoms with E-state index in [0.717, 1.165) is 32.4 Å². The number of aliphatic carboxylic acids is 1. The van der Waals surface area contributed by atoms with Crippen LogP contribution in [-0.2, 0) is 14.4 Å². The Labute approximate surface area is 105 Å². The van der Waals surface area contributed by atoms with Gasteiger partial charge in [-0.1, -0.05) is 0 Å². The van der Waals surface area contributed by atoms with Gasteiger partial charge in [0.1, 0.15) is 0 Å². The number of carboxylic acids is 1. The van der Waals surface area contributed by atoms with E-state index in [1.807, 2.05) is 0 Å². The molecule has 100 valence electrons. The molecule has 0 aromatic rings. The zero-order valence-electron chi connectivity index (χ0n) is 10.2. The molecule has 18 heavy (non-hydrogen) atoms. The third kappa shape index (κ3) is 3.00. The van der Waals surface area contributed by atoms with Crippen molar-refractivity contribution in [1.82, 2.24) is 10.2 Å². The summed E-state index contributed by atoms with van der Waals surface area (Å²) in [5.41, 5.74) is 0. The lowest BCUT2D eigenvalue weighted by Crippen LogP contribution is -2.43. The molecule has 1 saturated carbocycles. The summed E-state index contributed by atoms with van der Waals surface area (Å²) < 4.78 is 0. The molecule has 0 radical (unpaired) electrons. The second kappa shape index (κ2) is 5.37. The Morgan fingerprint density at radius 2 is 1.78 bits per heavy atom. The number of likely N-dealkylation sites (tertiary alicyclic amines) is 1. The van der Waals surface area contributed by atoms with Crippen molar-refractivity contribution in [2.45, 2.75) is 25.7 Å². The molecule has 2 amide bonds. The number of carboxylic acid groups (broad SMARTS) is 1. The van der Waals surface area contributed by atoms with E-state index in [9.17, 15) is 14.4 Å². The number of hydrogen-bond donors (Lipinski definition) is 2. The molecule has 0 aromatic heterocycles. The fourth-order valence-electron chi connectivity index (χ4n) is 2.31. The van der Waals surface area contributed by atoms with Gasteiger partial charge >= 0.3 is 5.97 Å². The average molecular weight is 254 g/mol. The minimum Gasteiger partial charge on any atom is -0.481 e. The Kier molecular flexibility index (Phi) is 3.84. The Morgan fingerprint density at radius 3 is 2.33 bits per heavy atom. The lowest BCUT2D eigenvalue weighted by atomic mass is 10.1. The van der Waals surface area contributed by atoms with E-state index < -0.39 is 17.8 Å². The molecule has 0 aromatic carbocycles. The maximum Gasteiger partial charge on any atom is 0.307 e. The molecule has 0 spiro atoms. The van der Waals surface area contributed by atoms with Crippen LogP contribution in [0.25, 0.3) is 0 Å². The monoisotopic (exact) mass is 254 g/mol. The molecule has 2 fully saturated rings. The summed E-state index contributed by atoms with van der Waals surface area (Å²) in [6, 6.07) is 0. The highest BCUT2D eigenvalue weighted by atomic mass is 16.4. The summed E-state index contributed by atoms with van der Waals surface area (Å²) >= 11 is 0. The van der Waals surface area contributed by atoms with Crippen molar-refractivity contribution in [2.75, 3.05) is 19.6 Å². The van der Waals surface area contributed by atoms with Gasteiger partial charge in [0.05, 0.1) is 18.4 Å². The largest absolute Gasteiger partial charge is 0.481 e. The molecule has 1 heterocycles. The van der Waals surface area contributed by atoms with Gasteiger partial charge in [0.2, 0.25) is 11.8 Å². The van der Waals surface area contributed by atoms with Crippen LogP contribution >= 0.6 is 0 Å². The molecule has 1 aliphatic heterocycles. The zero-order valence-corrected chi connectivity index (χ0v) is 10.2. The highest BCUT2D eigenvalue weighted by Crippen LogP contribution is 2.38. The van der Waals surface area contributed by atoms with Gasteiger partial charge in [0, 0.05) is 13.1 Å². The Hall–Kier alpha value is -1.59. The standard InChI is InChI=1S/C12H18N2O4/c15-10(14-4-2-1-3-5-14)7-13-11(16)8-6-9(8)12(17)18/h8-9H,1-7H2,(H,13,16)(H,17,18)/t8-,9+/m1/s1. The van der Waals surface area contributed by atoms with Crippen molar-refractivity contribution >= 4 is 17.8 Å². The number of nitrogens with zero attached hydrogens (tertiary/aromatic N) is 1. The second-order valence-electron chi connectivity index (χ2n) is 4.95. The predicted octanol–water partition coefficient (Wildman–Crippen LogP) is -0.164. The molecule has 2 atom stereocenters. The minimum atomic E-state index is -0.933. The lowest BCUT2D eigenvalue weighted by Gasteiger charge is -2.26. The Morgan fingerprint density at radius 1 is 1.11 bits per heavy atom. The molecule has 0 bridgehead atoms. The van der Waals surface area contributed by atoms with Crippen LogP contribution < -0.4 is 5.32 Å². The first-order chi connectivity index (χ1) is 8.59. The van der Waals surface area contributed by atoms with E-state index in [-0.39, 0.29) is 18.4 Å². The molecular formula is C12H18N2O4. The van der Waals surface area contributed by atoms with Gasteiger partial charge in [-0.05, 0) is 25.7 Å². The van der Waals surface area contributed by atoms with E-state index in [4.69, 9.17) is 5.11 Å². The number of amides is 2. The second-order valence-corrected chi connectivity index (χ2v) is 4.95. The van der Waals surface area contributed by atoms with Crippen LogP contribution in [0.3, 0.4) is 0 Å². The lowest BCUT2D eigenvalue weighted by molar-refractivity contribution is -0.140. The van der Waals surface area contributed by atoms with Crippen molar-refractivity contribution < 1.29 is 19.5 Å². The van der Waals surface area contributed by atoms with Gasteiger partial charge in [-0.25, -0.2) is 0 Å². The van der Waals surface area contributed by atoms with E-state index in [1.54, 1.807) is 4.90 Å². The third-order valence-corrected chi connectivity index (χ3v) is 3.57. The predicted molar refractivity (Wildman–Crippen MR) is 62.7 cm³/mol. The van der Waals surface area contributed by atoms with Crippen molar-refractivity contribution in [3.8, 4) is 0 Å². The van der Waals surface area contributed by atoms with Gasteiger partial charge in [0.25, 0.3) is 0 Å². The summed E-state index contributed by atoms with van der Waals surface area (Å²) in [6.45, 7) is 1.51. The van der Waals surface area contributed by atoms with E-state index in [0.29, 0.717) is 6.42 Å². The van der Waals surface area contributed by atoms with Gasteiger partial charge in [0.15, 0.2) is 0 Å². The molecule has 6 heteroatoms. The molecule has 1 aliphatic carbocycles. The number of carbonyl (C=O) groups excluding carboxylic acids is 2. The number of nitrogens with one attached hydrogen (secondary N) is 1.